The molecule has 1 saturated heterocycles. The van der Waals surface area contributed by atoms with Crippen molar-refractivity contribution in [3.63, 3.8) is 0 Å². The maximum atomic E-state index is 12.7. The Morgan fingerprint density at radius 1 is 1.06 bits per heavy atom. The summed E-state index contributed by atoms with van der Waals surface area (Å²) in [7, 11) is -4.06. The molecule has 34 heavy (non-hydrogen) atoms. The molecule has 0 saturated carbocycles. The first-order valence-corrected chi connectivity index (χ1v) is 13.6. The van der Waals surface area contributed by atoms with Crippen molar-refractivity contribution in [2.75, 3.05) is 11.9 Å². The van der Waals surface area contributed by atoms with E-state index in [-0.39, 0.29) is 0 Å². The first kappa shape index (κ1) is 24.6. The molecule has 4 rings (SSSR count). The van der Waals surface area contributed by atoms with Crippen molar-refractivity contribution in [1.29, 1.82) is 0 Å². The van der Waals surface area contributed by atoms with Gasteiger partial charge >= 0.3 is 12.1 Å². The number of sulfonamides is 1. The van der Waals surface area contributed by atoms with Gasteiger partial charge in [-0.15, -0.1) is 0 Å². The number of hydrogen-bond donors (Lipinski definition) is 2. The number of carbonyl (C=O) groups excluding carboxylic acids is 2. The number of carbonyl (C=O) groups is 2. The largest absolute Gasteiger partial charge is 0.444 e. The summed E-state index contributed by atoms with van der Waals surface area (Å²) >= 11 is 0. The standard InChI is InChI=1S/C25H35N3O5S/c1-24(2,3)33-23(30)28-14-7-12-25(28,4)13-15-34(31,32)27-22(29)26-21-19-10-5-8-17(19)16-18-9-6-11-20(18)21/h13,15-16H,5-12,14H2,1-4H3,(H2,26,27,29). The van der Waals surface area contributed by atoms with Gasteiger partial charge in [-0.1, -0.05) is 6.07 Å². The number of fused-ring (bicyclic) bond motifs is 2. The minimum atomic E-state index is -4.06. The van der Waals surface area contributed by atoms with Crippen LogP contribution in [0.1, 0.15) is 75.6 Å². The molecule has 8 nitrogen and oxygen atoms in total. The number of nitrogens with one attached hydrogen (secondary N) is 2. The number of hydrogen-bond acceptors (Lipinski definition) is 5. The van der Waals surface area contributed by atoms with Gasteiger partial charge in [0, 0.05) is 17.6 Å². The molecule has 3 aliphatic rings. The lowest BCUT2D eigenvalue weighted by Crippen LogP contribution is -2.46. The summed E-state index contributed by atoms with van der Waals surface area (Å²) in [5.74, 6) is 0. The molecule has 3 amide bonds. The fourth-order valence-electron chi connectivity index (χ4n) is 5.28. The summed E-state index contributed by atoms with van der Waals surface area (Å²) < 4.78 is 33.0. The van der Waals surface area contributed by atoms with Crippen LogP contribution in [-0.2, 0) is 40.4 Å². The van der Waals surface area contributed by atoms with Crippen molar-refractivity contribution < 1.29 is 22.7 Å². The van der Waals surface area contributed by atoms with Gasteiger partial charge < -0.3 is 10.1 Å². The molecule has 0 aromatic heterocycles. The lowest BCUT2D eigenvalue weighted by atomic mass is 9.99. The molecule has 1 heterocycles. The summed E-state index contributed by atoms with van der Waals surface area (Å²) in [6.07, 6.45) is 8.19. The van der Waals surface area contributed by atoms with E-state index in [2.05, 4.69) is 16.1 Å². The Labute approximate surface area is 202 Å². The number of anilines is 1. The van der Waals surface area contributed by atoms with Gasteiger partial charge in [0.05, 0.1) is 5.54 Å². The average molecular weight is 490 g/mol. The fraction of sp³-hybridized carbons (Fsp3) is 0.600. The predicted octanol–water partition coefficient (Wildman–Crippen LogP) is 4.42. The highest BCUT2D eigenvalue weighted by Crippen LogP contribution is 2.38. The summed E-state index contributed by atoms with van der Waals surface area (Å²) in [6, 6.07) is 1.49. The molecule has 2 N–H and O–H groups in total. The Morgan fingerprint density at radius 2 is 1.68 bits per heavy atom. The van der Waals surface area contributed by atoms with Crippen molar-refractivity contribution >= 4 is 27.8 Å². The number of nitrogens with zero attached hydrogens (tertiary/aromatic N) is 1. The van der Waals surface area contributed by atoms with Crippen LogP contribution in [-0.4, -0.2) is 43.1 Å². The molecule has 0 radical (unpaired) electrons. The minimum Gasteiger partial charge on any atom is -0.444 e. The van der Waals surface area contributed by atoms with Crippen LogP contribution >= 0.6 is 0 Å². The third-order valence-electron chi connectivity index (χ3n) is 6.85. The third kappa shape index (κ3) is 5.24. The van der Waals surface area contributed by atoms with E-state index in [0.29, 0.717) is 13.0 Å². The van der Waals surface area contributed by atoms with E-state index in [1.165, 1.54) is 17.2 Å². The summed E-state index contributed by atoms with van der Waals surface area (Å²) in [6.45, 7) is 7.65. The zero-order chi connectivity index (χ0) is 24.7. The van der Waals surface area contributed by atoms with Gasteiger partial charge in [0.1, 0.15) is 5.60 Å². The van der Waals surface area contributed by atoms with Crippen LogP contribution < -0.4 is 10.0 Å². The van der Waals surface area contributed by atoms with Crippen LogP contribution in [0.3, 0.4) is 0 Å². The van der Waals surface area contributed by atoms with E-state index < -0.39 is 33.3 Å². The molecule has 1 fully saturated rings. The zero-order valence-corrected chi connectivity index (χ0v) is 21.3. The number of benzene rings is 1. The van der Waals surface area contributed by atoms with Crippen molar-refractivity contribution in [2.24, 2.45) is 0 Å². The predicted molar refractivity (Wildman–Crippen MR) is 131 cm³/mol. The average Bonchev–Trinajstić information content (AvgIpc) is 3.44. The fourth-order valence-corrected chi connectivity index (χ4v) is 6.13. The second-order valence-electron chi connectivity index (χ2n) is 10.7. The van der Waals surface area contributed by atoms with E-state index in [1.807, 2.05) is 0 Å². The van der Waals surface area contributed by atoms with Gasteiger partial charge in [-0.3, -0.25) is 4.90 Å². The van der Waals surface area contributed by atoms with E-state index in [9.17, 15) is 18.0 Å². The van der Waals surface area contributed by atoms with Crippen LogP contribution in [0.4, 0.5) is 15.3 Å². The SMILES string of the molecule is CC(C)(C)OC(=O)N1CCCC1(C)C=CS(=O)(=O)NC(=O)Nc1c2c(cc3c1CCC3)CCC2. The minimum absolute atomic E-state index is 0.480. The highest BCUT2D eigenvalue weighted by atomic mass is 32.2. The van der Waals surface area contributed by atoms with Crippen molar-refractivity contribution in [3.05, 3.63) is 39.8 Å². The number of rotatable bonds is 4. The Kier molecular flexibility index (Phi) is 6.44. The van der Waals surface area contributed by atoms with E-state index in [4.69, 9.17) is 4.74 Å². The van der Waals surface area contributed by atoms with Gasteiger partial charge in [-0.25, -0.2) is 22.7 Å². The maximum absolute atomic E-state index is 12.7. The molecule has 1 unspecified atom stereocenters. The molecule has 0 bridgehead atoms. The molecular weight excluding hydrogens is 454 g/mol. The van der Waals surface area contributed by atoms with Gasteiger partial charge in [-0.05, 0) is 107 Å². The second kappa shape index (κ2) is 8.91. The molecule has 1 atom stereocenters. The first-order valence-electron chi connectivity index (χ1n) is 12.1. The lowest BCUT2D eigenvalue weighted by Gasteiger charge is -2.34. The maximum Gasteiger partial charge on any atom is 0.410 e. The topological polar surface area (TPSA) is 105 Å². The highest BCUT2D eigenvalue weighted by Gasteiger charge is 2.40. The quantitative estimate of drug-likeness (QED) is 0.651. The molecule has 1 aromatic carbocycles. The first-order chi connectivity index (χ1) is 15.9. The molecule has 2 aliphatic carbocycles. The molecular formula is C25H35N3O5S. The number of urea groups is 1. The van der Waals surface area contributed by atoms with Crippen LogP contribution in [0.5, 0.6) is 0 Å². The second-order valence-corrected chi connectivity index (χ2v) is 12.3. The summed E-state index contributed by atoms with van der Waals surface area (Å²) in [4.78, 5) is 26.9. The Morgan fingerprint density at radius 3 is 2.26 bits per heavy atom. The van der Waals surface area contributed by atoms with Gasteiger partial charge in [0.15, 0.2) is 0 Å². The number of likely N-dealkylation sites (tertiary alicyclic amines) is 1. The van der Waals surface area contributed by atoms with Crippen molar-refractivity contribution in [2.45, 2.75) is 90.2 Å². The van der Waals surface area contributed by atoms with Crippen LogP contribution in [0, 0.1) is 0 Å². The van der Waals surface area contributed by atoms with Crippen LogP contribution in [0.25, 0.3) is 0 Å². The highest BCUT2D eigenvalue weighted by molar-refractivity contribution is 7.92. The van der Waals surface area contributed by atoms with Crippen LogP contribution in [0.15, 0.2) is 17.6 Å². The van der Waals surface area contributed by atoms with Gasteiger partial charge in [0.2, 0.25) is 0 Å². The van der Waals surface area contributed by atoms with E-state index in [1.54, 1.807) is 32.6 Å². The lowest BCUT2D eigenvalue weighted by molar-refractivity contribution is 0.0169. The molecule has 1 aliphatic heterocycles. The monoisotopic (exact) mass is 489 g/mol. The van der Waals surface area contributed by atoms with Gasteiger partial charge in [0.25, 0.3) is 10.0 Å². The smallest absolute Gasteiger partial charge is 0.410 e. The number of ether oxygens (including phenoxy) is 1. The third-order valence-corrected chi connectivity index (χ3v) is 7.81. The van der Waals surface area contributed by atoms with E-state index in [0.717, 1.165) is 67.2 Å². The summed E-state index contributed by atoms with van der Waals surface area (Å²) in [5.41, 5.74) is 4.12. The molecule has 1 aromatic rings. The van der Waals surface area contributed by atoms with Gasteiger partial charge in [-0.2, -0.15) is 0 Å². The molecule has 0 spiro atoms. The normalized spacial score (nSPS) is 22.1. The van der Waals surface area contributed by atoms with Crippen molar-refractivity contribution in [1.82, 2.24) is 9.62 Å². The molecule has 186 valence electrons. The summed E-state index contributed by atoms with van der Waals surface area (Å²) in [5, 5.41) is 3.82. The zero-order valence-electron chi connectivity index (χ0n) is 20.5. The number of aryl methyl sites for hydroxylation is 2. The van der Waals surface area contributed by atoms with E-state index >= 15 is 0 Å². The Balaban J connectivity index is 1.46. The van der Waals surface area contributed by atoms with Crippen molar-refractivity contribution in [3.8, 4) is 0 Å². The molecule has 9 heteroatoms. The Bertz CT molecular complexity index is 1100. The Hall–Kier alpha value is -2.55. The van der Waals surface area contributed by atoms with Crippen LogP contribution in [0.2, 0.25) is 0 Å². The number of amides is 3.